The third-order valence-corrected chi connectivity index (χ3v) is 3.40. The summed E-state index contributed by atoms with van der Waals surface area (Å²) >= 11 is 0. The Hall–Kier alpha value is -1.78. The van der Waals surface area contributed by atoms with Gasteiger partial charge in [0.25, 0.3) is 0 Å². The zero-order chi connectivity index (χ0) is 13.1. The topological polar surface area (TPSA) is 51.7 Å². The summed E-state index contributed by atoms with van der Waals surface area (Å²) in [5, 5.41) is 0. The summed E-state index contributed by atoms with van der Waals surface area (Å²) in [5.41, 5.74) is 0. The predicted octanol–water partition coefficient (Wildman–Crippen LogP) is 1.34. The van der Waals surface area contributed by atoms with E-state index >= 15 is 0 Å². The number of ether oxygens (including phenoxy) is 2. The number of carbonyl (C=O) groups is 1. The monoisotopic (exact) mass is 250 g/mol. The van der Waals surface area contributed by atoms with Crippen LogP contribution < -0.4 is 9.64 Å². The quantitative estimate of drug-likeness (QED) is 0.758. The van der Waals surface area contributed by atoms with E-state index in [9.17, 15) is 4.79 Å². The number of aromatic nitrogens is 1. The Kier molecular flexibility index (Phi) is 3.69. The fraction of sp³-hybridized carbons (Fsp3) is 0.538. The Morgan fingerprint density at radius 1 is 1.39 bits per heavy atom. The highest BCUT2D eigenvalue weighted by atomic mass is 16.5. The average molecular weight is 250 g/mol. The summed E-state index contributed by atoms with van der Waals surface area (Å²) in [6.45, 7) is 3.54. The Labute approximate surface area is 107 Å². The third-order valence-electron chi connectivity index (χ3n) is 3.40. The zero-order valence-electron chi connectivity index (χ0n) is 10.9. The van der Waals surface area contributed by atoms with Gasteiger partial charge in [0.15, 0.2) is 0 Å². The lowest BCUT2D eigenvalue weighted by molar-refractivity contribution is -0.145. The molecular formula is C13H18N2O3. The molecule has 0 amide bonds. The zero-order valence-corrected chi connectivity index (χ0v) is 10.9. The van der Waals surface area contributed by atoms with E-state index in [1.54, 1.807) is 13.3 Å². The molecular weight excluding hydrogens is 232 g/mol. The first-order valence-electron chi connectivity index (χ1n) is 5.98. The molecule has 0 aliphatic carbocycles. The Morgan fingerprint density at radius 2 is 2.17 bits per heavy atom. The molecule has 2 rings (SSSR count). The summed E-state index contributed by atoms with van der Waals surface area (Å²) in [4.78, 5) is 18.0. The Bertz CT molecular complexity index is 419. The maximum absolute atomic E-state index is 11.6. The molecule has 1 aromatic heterocycles. The van der Waals surface area contributed by atoms with Gasteiger partial charge in [0.1, 0.15) is 11.6 Å². The first-order valence-corrected chi connectivity index (χ1v) is 5.98. The molecule has 0 N–H and O–H groups in total. The molecule has 0 aromatic carbocycles. The Balaban J connectivity index is 2.09. The smallest absolute Gasteiger partial charge is 0.310 e. The van der Waals surface area contributed by atoms with Gasteiger partial charge in [0.05, 0.1) is 26.3 Å². The van der Waals surface area contributed by atoms with Crippen LogP contribution >= 0.6 is 0 Å². The first kappa shape index (κ1) is 12.7. The van der Waals surface area contributed by atoms with E-state index in [1.807, 2.05) is 12.1 Å². The highest BCUT2D eigenvalue weighted by molar-refractivity contribution is 5.74. The van der Waals surface area contributed by atoms with Gasteiger partial charge >= 0.3 is 5.97 Å². The molecule has 0 radical (unpaired) electrons. The van der Waals surface area contributed by atoms with Crippen LogP contribution in [0.15, 0.2) is 18.3 Å². The van der Waals surface area contributed by atoms with Crippen LogP contribution in [-0.4, -0.2) is 38.3 Å². The lowest BCUT2D eigenvalue weighted by Crippen LogP contribution is -2.24. The molecule has 5 heteroatoms. The summed E-state index contributed by atoms with van der Waals surface area (Å²) < 4.78 is 9.89. The van der Waals surface area contributed by atoms with Crippen LogP contribution in [0.5, 0.6) is 5.75 Å². The van der Waals surface area contributed by atoms with E-state index < -0.39 is 0 Å². The van der Waals surface area contributed by atoms with Gasteiger partial charge in [0.2, 0.25) is 0 Å². The van der Waals surface area contributed by atoms with Gasteiger partial charge < -0.3 is 14.4 Å². The molecule has 1 fully saturated rings. The van der Waals surface area contributed by atoms with Gasteiger partial charge in [-0.3, -0.25) is 4.79 Å². The number of esters is 1. The Morgan fingerprint density at radius 3 is 2.72 bits per heavy atom. The number of methoxy groups -OCH3 is 2. The van der Waals surface area contributed by atoms with E-state index in [0.717, 1.165) is 18.1 Å². The van der Waals surface area contributed by atoms with Gasteiger partial charge in [-0.2, -0.15) is 0 Å². The van der Waals surface area contributed by atoms with E-state index in [1.165, 1.54) is 7.11 Å². The SMILES string of the molecule is COC(=O)C1CN(c2ccc(OC)cn2)CC1C. The summed E-state index contributed by atoms with van der Waals surface area (Å²) in [7, 11) is 3.05. The van der Waals surface area contributed by atoms with Gasteiger partial charge in [-0.05, 0) is 18.1 Å². The van der Waals surface area contributed by atoms with Crippen LogP contribution in [-0.2, 0) is 9.53 Å². The van der Waals surface area contributed by atoms with Crippen LogP contribution in [0, 0.1) is 11.8 Å². The predicted molar refractivity (Wildman–Crippen MR) is 67.7 cm³/mol. The average Bonchev–Trinajstić information content (AvgIpc) is 2.80. The van der Waals surface area contributed by atoms with Crippen molar-refractivity contribution in [1.82, 2.24) is 4.98 Å². The molecule has 1 aliphatic rings. The second kappa shape index (κ2) is 5.25. The molecule has 18 heavy (non-hydrogen) atoms. The van der Waals surface area contributed by atoms with Crippen molar-refractivity contribution in [3.8, 4) is 5.75 Å². The summed E-state index contributed by atoms with van der Waals surface area (Å²) in [6, 6.07) is 3.78. The number of carbonyl (C=O) groups excluding carboxylic acids is 1. The minimum atomic E-state index is -0.140. The molecule has 1 aromatic rings. The van der Waals surface area contributed by atoms with E-state index in [2.05, 4.69) is 16.8 Å². The second-order valence-corrected chi connectivity index (χ2v) is 4.57. The van der Waals surface area contributed by atoms with Crippen molar-refractivity contribution in [1.29, 1.82) is 0 Å². The summed E-state index contributed by atoms with van der Waals surface area (Å²) in [6.07, 6.45) is 1.69. The van der Waals surface area contributed by atoms with Crippen molar-refractivity contribution in [3.63, 3.8) is 0 Å². The molecule has 1 aliphatic heterocycles. The minimum absolute atomic E-state index is 0.0705. The molecule has 2 unspecified atom stereocenters. The molecule has 2 atom stereocenters. The van der Waals surface area contributed by atoms with Crippen molar-refractivity contribution in [3.05, 3.63) is 18.3 Å². The van der Waals surface area contributed by atoms with E-state index in [0.29, 0.717) is 6.54 Å². The number of anilines is 1. The normalized spacial score (nSPS) is 22.9. The minimum Gasteiger partial charge on any atom is -0.495 e. The van der Waals surface area contributed by atoms with Crippen LogP contribution in [0.25, 0.3) is 0 Å². The summed E-state index contributed by atoms with van der Waals surface area (Å²) in [5.74, 6) is 1.67. The van der Waals surface area contributed by atoms with Crippen molar-refractivity contribution in [2.45, 2.75) is 6.92 Å². The standard InChI is InChI=1S/C13H18N2O3/c1-9-7-15(8-11(9)13(16)18-3)12-5-4-10(17-2)6-14-12/h4-6,9,11H,7-8H2,1-3H3. The first-order chi connectivity index (χ1) is 8.65. The van der Waals surface area contributed by atoms with Gasteiger partial charge in [-0.25, -0.2) is 4.98 Å². The van der Waals surface area contributed by atoms with Crippen molar-refractivity contribution in [2.24, 2.45) is 11.8 Å². The van der Waals surface area contributed by atoms with Gasteiger partial charge in [-0.15, -0.1) is 0 Å². The van der Waals surface area contributed by atoms with Crippen LogP contribution in [0.4, 0.5) is 5.82 Å². The molecule has 2 heterocycles. The van der Waals surface area contributed by atoms with E-state index in [4.69, 9.17) is 9.47 Å². The van der Waals surface area contributed by atoms with Gasteiger partial charge in [-0.1, -0.05) is 6.92 Å². The largest absolute Gasteiger partial charge is 0.495 e. The van der Waals surface area contributed by atoms with E-state index in [-0.39, 0.29) is 17.8 Å². The second-order valence-electron chi connectivity index (χ2n) is 4.57. The highest BCUT2D eigenvalue weighted by Crippen LogP contribution is 2.28. The molecule has 1 saturated heterocycles. The molecule has 0 bridgehead atoms. The van der Waals surface area contributed by atoms with Gasteiger partial charge in [0, 0.05) is 13.1 Å². The molecule has 0 spiro atoms. The lowest BCUT2D eigenvalue weighted by atomic mass is 9.99. The fourth-order valence-electron chi connectivity index (χ4n) is 2.29. The number of pyridine rings is 1. The number of hydrogen-bond donors (Lipinski definition) is 0. The molecule has 5 nitrogen and oxygen atoms in total. The molecule has 98 valence electrons. The fourth-order valence-corrected chi connectivity index (χ4v) is 2.29. The van der Waals surface area contributed by atoms with Crippen LogP contribution in [0.3, 0.4) is 0 Å². The van der Waals surface area contributed by atoms with Crippen molar-refractivity contribution >= 4 is 11.8 Å². The van der Waals surface area contributed by atoms with Crippen LogP contribution in [0.1, 0.15) is 6.92 Å². The highest BCUT2D eigenvalue weighted by Gasteiger charge is 2.36. The van der Waals surface area contributed by atoms with Crippen molar-refractivity contribution in [2.75, 3.05) is 32.2 Å². The molecule has 0 saturated carbocycles. The maximum Gasteiger partial charge on any atom is 0.310 e. The third kappa shape index (κ3) is 2.39. The van der Waals surface area contributed by atoms with Crippen LogP contribution in [0.2, 0.25) is 0 Å². The maximum atomic E-state index is 11.6. The van der Waals surface area contributed by atoms with Crippen molar-refractivity contribution < 1.29 is 14.3 Å². The number of nitrogens with zero attached hydrogens (tertiary/aromatic N) is 2. The lowest BCUT2D eigenvalue weighted by Gasteiger charge is -2.17. The number of hydrogen-bond acceptors (Lipinski definition) is 5. The number of rotatable bonds is 3.